The third-order valence-electron chi connectivity index (χ3n) is 7.09. The largest absolute Gasteiger partial charge is 0.479 e. The van der Waals surface area contributed by atoms with Crippen molar-refractivity contribution in [3.05, 3.63) is 119 Å². The minimum absolute atomic E-state index is 0.0981. The Morgan fingerprint density at radius 1 is 0.627 bits per heavy atom. The average molecular weight is 755 g/mol. The van der Waals surface area contributed by atoms with Gasteiger partial charge in [-0.1, -0.05) is 35.4 Å². The zero-order chi connectivity index (χ0) is 37.8. The predicted molar refractivity (Wildman–Crippen MR) is 185 cm³/mol. The number of thioether (sulfide) groups is 2. The van der Waals surface area contributed by atoms with E-state index in [0.717, 1.165) is 75.0 Å². The van der Waals surface area contributed by atoms with Crippen LogP contribution in [0.4, 0.5) is 26.3 Å². The highest BCUT2D eigenvalue weighted by Crippen LogP contribution is 2.32. The first-order valence-corrected chi connectivity index (χ1v) is 17.4. The van der Waals surface area contributed by atoms with Crippen molar-refractivity contribution >= 4 is 35.5 Å². The highest BCUT2D eigenvalue weighted by atomic mass is 32.2. The van der Waals surface area contributed by atoms with Crippen LogP contribution in [-0.2, 0) is 21.9 Å². The lowest BCUT2D eigenvalue weighted by atomic mass is 10.2. The van der Waals surface area contributed by atoms with E-state index in [4.69, 9.17) is 9.47 Å². The van der Waals surface area contributed by atoms with Crippen LogP contribution in [0.2, 0.25) is 0 Å². The predicted octanol–water partition coefficient (Wildman–Crippen LogP) is 10.4. The molecule has 6 nitrogen and oxygen atoms in total. The lowest BCUT2D eigenvalue weighted by Crippen LogP contribution is -2.27. The molecule has 51 heavy (non-hydrogen) atoms. The van der Waals surface area contributed by atoms with Crippen LogP contribution in [0.25, 0.3) is 0 Å². The lowest BCUT2D eigenvalue weighted by Gasteiger charge is -2.16. The second-order valence-corrected chi connectivity index (χ2v) is 13.6. The van der Waals surface area contributed by atoms with Crippen LogP contribution in [0.15, 0.2) is 101 Å². The van der Waals surface area contributed by atoms with E-state index in [1.165, 1.54) is 23.5 Å². The van der Waals surface area contributed by atoms with Gasteiger partial charge in [0.05, 0.1) is 11.1 Å². The minimum Gasteiger partial charge on any atom is -0.479 e. The Balaban J connectivity index is 0.000000276. The van der Waals surface area contributed by atoms with Crippen molar-refractivity contribution in [2.45, 2.75) is 68.0 Å². The third kappa shape index (κ3) is 14.1. The van der Waals surface area contributed by atoms with Crippen molar-refractivity contribution in [1.29, 1.82) is 0 Å². The van der Waals surface area contributed by atoms with Gasteiger partial charge in [0.1, 0.15) is 11.5 Å². The number of hydrogen-bond acceptors (Lipinski definition) is 6. The molecule has 2 N–H and O–H groups in total. The van der Waals surface area contributed by atoms with Gasteiger partial charge in [0.15, 0.2) is 12.2 Å². The number of carboxylic acids is 2. The molecule has 2 atom stereocenters. The van der Waals surface area contributed by atoms with Crippen LogP contribution in [-0.4, -0.2) is 45.9 Å². The third-order valence-corrected chi connectivity index (χ3v) is 9.31. The number of rotatable bonds is 14. The van der Waals surface area contributed by atoms with Crippen LogP contribution in [0, 0.1) is 20.8 Å². The smallest absolute Gasteiger partial charge is 0.416 e. The Labute approximate surface area is 300 Å². The van der Waals surface area contributed by atoms with E-state index in [9.17, 15) is 46.1 Å². The Morgan fingerprint density at radius 3 is 1.51 bits per heavy atom. The monoisotopic (exact) mass is 754 g/mol. The van der Waals surface area contributed by atoms with Crippen LogP contribution in [0.3, 0.4) is 0 Å². The van der Waals surface area contributed by atoms with Crippen LogP contribution in [0.1, 0.15) is 40.7 Å². The maximum Gasteiger partial charge on any atom is 0.416 e. The molecule has 0 saturated heterocycles. The Morgan fingerprint density at radius 2 is 1.08 bits per heavy atom. The number of carboxylic acid groups (broad SMARTS) is 2. The van der Waals surface area contributed by atoms with E-state index < -0.39 is 47.6 Å². The molecule has 0 amide bonds. The molecule has 0 saturated carbocycles. The topological polar surface area (TPSA) is 93.1 Å². The number of hydrogen-bond donors (Lipinski definition) is 2. The summed E-state index contributed by atoms with van der Waals surface area (Å²) in [6.07, 6.45) is -10.6. The normalized spacial score (nSPS) is 12.6. The summed E-state index contributed by atoms with van der Waals surface area (Å²) in [7, 11) is 0. The van der Waals surface area contributed by atoms with E-state index in [1.807, 2.05) is 63.2 Å². The van der Waals surface area contributed by atoms with Crippen LogP contribution >= 0.6 is 23.5 Å². The van der Waals surface area contributed by atoms with E-state index >= 15 is 0 Å². The van der Waals surface area contributed by atoms with E-state index in [0.29, 0.717) is 11.5 Å². The molecule has 0 aliphatic rings. The standard InChI is InChI=1S/C19H19F3O3S.C18H17F3O3S/c1-12-3-4-13(2)17(11-12)26-10-9-16(18(23)24)25-15-7-5-14(6-8-15)19(20,21)22;1-12-3-2-4-15(11-12)25-10-9-16(17(22)23)24-14-7-5-13(6-8-14)18(19,20)21/h3-8,11,16H,9-10H2,1-2H3,(H,23,24);2-8,11,16H,9-10H2,1H3,(H,22,23). The van der Waals surface area contributed by atoms with Gasteiger partial charge in [-0.15, -0.1) is 23.5 Å². The van der Waals surface area contributed by atoms with Crippen molar-refractivity contribution in [3.63, 3.8) is 0 Å². The summed E-state index contributed by atoms with van der Waals surface area (Å²) < 4.78 is 86.0. The quantitative estimate of drug-likeness (QED) is 0.0971. The lowest BCUT2D eigenvalue weighted by molar-refractivity contribution is -0.146. The van der Waals surface area contributed by atoms with Gasteiger partial charge in [-0.3, -0.25) is 0 Å². The first kappa shape index (κ1) is 41.1. The molecule has 0 aromatic heterocycles. The number of aryl methyl sites for hydroxylation is 3. The first-order chi connectivity index (χ1) is 23.9. The Bertz CT molecular complexity index is 1730. The fourth-order valence-corrected chi connectivity index (χ4v) is 6.50. The molecule has 2 unspecified atom stereocenters. The first-order valence-electron chi connectivity index (χ1n) is 15.5. The summed E-state index contributed by atoms with van der Waals surface area (Å²) in [6.45, 7) is 5.93. The molecular weight excluding hydrogens is 719 g/mol. The van der Waals surface area contributed by atoms with E-state index in [-0.39, 0.29) is 24.3 Å². The van der Waals surface area contributed by atoms with E-state index in [1.54, 1.807) is 0 Å². The van der Waals surface area contributed by atoms with Gasteiger partial charge in [0, 0.05) is 34.1 Å². The van der Waals surface area contributed by atoms with Crippen LogP contribution in [0.5, 0.6) is 11.5 Å². The molecule has 0 spiro atoms. The minimum atomic E-state index is -4.44. The van der Waals surface area contributed by atoms with Gasteiger partial charge < -0.3 is 19.7 Å². The Hall–Kier alpha value is -4.30. The van der Waals surface area contributed by atoms with E-state index in [2.05, 4.69) is 0 Å². The fourth-order valence-electron chi connectivity index (χ4n) is 4.37. The number of benzene rings is 4. The highest BCUT2D eigenvalue weighted by Gasteiger charge is 2.31. The van der Waals surface area contributed by atoms with Gasteiger partial charge in [-0.25, -0.2) is 9.59 Å². The van der Waals surface area contributed by atoms with Crippen molar-refractivity contribution < 1.29 is 55.6 Å². The molecule has 0 radical (unpaired) electrons. The molecule has 4 aromatic rings. The number of aliphatic carboxylic acids is 2. The van der Waals surface area contributed by atoms with Gasteiger partial charge in [0.25, 0.3) is 0 Å². The summed E-state index contributed by atoms with van der Waals surface area (Å²) in [5.41, 5.74) is 1.73. The second kappa shape index (κ2) is 18.8. The highest BCUT2D eigenvalue weighted by molar-refractivity contribution is 7.99. The zero-order valence-corrected chi connectivity index (χ0v) is 29.4. The van der Waals surface area contributed by atoms with Crippen molar-refractivity contribution in [1.82, 2.24) is 0 Å². The van der Waals surface area contributed by atoms with Crippen molar-refractivity contribution in [2.75, 3.05) is 11.5 Å². The molecule has 14 heteroatoms. The van der Waals surface area contributed by atoms with Crippen LogP contribution < -0.4 is 9.47 Å². The van der Waals surface area contributed by atoms with Gasteiger partial charge >= 0.3 is 24.3 Å². The van der Waals surface area contributed by atoms with Crippen molar-refractivity contribution in [2.24, 2.45) is 0 Å². The maximum absolute atomic E-state index is 12.6. The molecule has 0 heterocycles. The van der Waals surface area contributed by atoms with Crippen molar-refractivity contribution in [3.8, 4) is 11.5 Å². The number of carbonyl (C=O) groups is 2. The second-order valence-electron chi connectivity index (χ2n) is 11.3. The number of alkyl halides is 6. The molecule has 4 rings (SSSR count). The summed E-state index contributed by atoms with van der Waals surface area (Å²) >= 11 is 3.04. The summed E-state index contributed by atoms with van der Waals surface area (Å²) in [4.78, 5) is 24.8. The molecule has 0 aliphatic carbocycles. The summed E-state index contributed by atoms with van der Waals surface area (Å²) in [5, 5.41) is 18.5. The number of halogens is 6. The summed E-state index contributed by atoms with van der Waals surface area (Å²) in [6, 6.07) is 21.9. The van der Waals surface area contributed by atoms with Gasteiger partial charge in [-0.05, 0) is 93.1 Å². The summed E-state index contributed by atoms with van der Waals surface area (Å²) in [5.74, 6) is -1.07. The molecular formula is C37H36F6O6S2. The maximum atomic E-state index is 12.6. The molecule has 274 valence electrons. The van der Waals surface area contributed by atoms with Gasteiger partial charge in [0.2, 0.25) is 0 Å². The molecule has 0 fully saturated rings. The molecule has 0 bridgehead atoms. The van der Waals surface area contributed by atoms with Gasteiger partial charge in [-0.2, -0.15) is 26.3 Å². The fraction of sp³-hybridized carbons (Fsp3) is 0.297. The Kier molecular flexibility index (Phi) is 15.2. The average Bonchev–Trinajstić information content (AvgIpc) is 3.05. The molecule has 0 aliphatic heterocycles. The number of ether oxygens (including phenoxy) is 2. The SMILES string of the molecule is Cc1ccc(C)c(SCCC(Oc2ccc(C(F)(F)F)cc2)C(=O)O)c1.Cc1cccc(SCCC(Oc2ccc(C(F)(F)F)cc2)C(=O)O)c1. The zero-order valence-electron chi connectivity index (χ0n) is 27.8. The molecule has 4 aromatic carbocycles.